The molecular weight excluding hydrogens is 272 g/mol. The van der Waals surface area contributed by atoms with Crippen molar-refractivity contribution in [2.24, 2.45) is 0 Å². The van der Waals surface area contributed by atoms with Crippen LogP contribution in [0.25, 0.3) is 0 Å². The first kappa shape index (κ1) is 12.5. The van der Waals surface area contributed by atoms with Crippen molar-refractivity contribution in [1.29, 1.82) is 0 Å². The third kappa shape index (κ3) is 3.50. The van der Waals surface area contributed by atoms with E-state index in [1.165, 1.54) is 0 Å². The van der Waals surface area contributed by atoms with Gasteiger partial charge in [-0.25, -0.2) is 0 Å². The van der Waals surface area contributed by atoms with Gasteiger partial charge in [-0.2, -0.15) is 0 Å². The number of hydrogen-bond donors (Lipinski definition) is 0. The lowest BCUT2D eigenvalue weighted by molar-refractivity contribution is 0.0987. The Hall–Kier alpha value is -0.540. The molecule has 1 rings (SSSR count). The highest BCUT2D eigenvalue weighted by Gasteiger charge is 2.08. The van der Waals surface area contributed by atoms with Gasteiger partial charge in [0.2, 0.25) is 0 Å². The maximum absolute atomic E-state index is 11.5. The second-order valence-corrected chi connectivity index (χ2v) is 4.97. The SMILES string of the molecule is C=CCSc1ccc(C(=O)CC)c(Br)c1. The lowest BCUT2D eigenvalue weighted by atomic mass is 10.1. The Morgan fingerprint density at radius 2 is 2.33 bits per heavy atom. The molecule has 0 N–H and O–H groups in total. The molecule has 80 valence electrons. The Labute approximate surface area is 103 Å². The van der Waals surface area contributed by atoms with Crippen LogP contribution >= 0.6 is 27.7 Å². The quantitative estimate of drug-likeness (QED) is 0.455. The van der Waals surface area contributed by atoms with Gasteiger partial charge in [-0.05, 0) is 18.2 Å². The van der Waals surface area contributed by atoms with Gasteiger partial charge >= 0.3 is 0 Å². The average Bonchev–Trinajstić information content (AvgIpc) is 2.25. The van der Waals surface area contributed by atoms with Crippen LogP contribution in [0.15, 0.2) is 40.2 Å². The molecule has 0 radical (unpaired) electrons. The highest BCUT2D eigenvalue weighted by molar-refractivity contribution is 9.10. The number of hydrogen-bond acceptors (Lipinski definition) is 2. The highest BCUT2D eigenvalue weighted by atomic mass is 79.9. The molecule has 0 bridgehead atoms. The highest BCUT2D eigenvalue weighted by Crippen LogP contribution is 2.26. The molecule has 0 aliphatic carbocycles. The molecule has 0 aliphatic rings. The molecule has 3 heteroatoms. The molecule has 0 saturated carbocycles. The normalized spacial score (nSPS) is 10.0. The predicted molar refractivity (Wildman–Crippen MR) is 69.7 cm³/mol. The summed E-state index contributed by atoms with van der Waals surface area (Å²) in [6.07, 6.45) is 2.40. The van der Waals surface area contributed by atoms with Crippen molar-refractivity contribution in [3.63, 3.8) is 0 Å². The Kier molecular flexibility index (Phi) is 5.12. The van der Waals surface area contributed by atoms with Crippen molar-refractivity contribution in [2.45, 2.75) is 18.2 Å². The molecule has 0 spiro atoms. The van der Waals surface area contributed by atoms with E-state index in [4.69, 9.17) is 0 Å². The van der Waals surface area contributed by atoms with E-state index in [1.807, 2.05) is 31.2 Å². The number of halogens is 1. The van der Waals surface area contributed by atoms with Crippen molar-refractivity contribution >= 4 is 33.5 Å². The van der Waals surface area contributed by atoms with Crippen LogP contribution in [0.5, 0.6) is 0 Å². The molecule has 0 atom stereocenters. The fourth-order valence-electron chi connectivity index (χ4n) is 1.16. The van der Waals surface area contributed by atoms with Gasteiger partial charge < -0.3 is 0 Å². The van der Waals surface area contributed by atoms with E-state index in [0.29, 0.717) is 6.42 Å². The van der Waals surface area contributed by atoms with E-state index >= 15 is 0 Å². The number of Topliss-reactive ketones (excluding diaryl/α,β-unsaturated/α-hetero) is 1. The summed E-state index contributed by atoms with van der Waals surface area (Å²) in [6, 6.07) is 5.83. The van der Waals surface area contributed by atoms with Gasteiger partial charge in [-0.3, -0.25) is 4.79 Å². The summed E-state index contributed by atoms with van der Waals surface area (Å²) in [6.45, 7) is 5.54. The minimum atomic E-state index is 0.169. The summed E-state index contributed by atoms with van der Waals surface area (Å²) >= 11 is 5.12. The molecule has 0 unspecified atom stereocenters. The van der Waals surface area contributed by atoms with Crippen LogP contribution in [0.3, 0.4) is 0 Å². The van der Waals surface area contributed by atoms with Crippen LogP contribution in [0, 0.1) is 0 Å². The van der Waals surface area contributed by atoms with E-state index < -0.39 is 0 Å². The van der Waals surface area contributed by atoms with E-state index in [9.17, 15) is 4.79 Å². The molecule has 1 nitrogen and oxygen atoms in total. The molecular formula is C12H13BrOS. The molecule has 0 saturated heterocycles. The number of ketones is 1. The summed E-state index contributed by atoms with van der Waals surface area (Å²) in [5, 5.41) is 0. The van der Waals surface area contributed by atoms with Gasteiger partial charge in [-0.15, -0.1) is 18.3 Å². The summed E-state index contributed by atoms with van der Waals surface area (Å²) < 4.78 is 0.878. The van der Waals surface area contributed by atoms with Crippen LogP contribution in [-0.4, -0.2) is 11.5 Å². The van der Waals surface area contributed by atoms with Crippen molar-refractivity contribution in [3.8, 4) is 0 Å². The number of carbonyl (C=O) groups excluding carboxylic acids is 1. The van der Waals surface area contributed by atoms with Gasteiger partial charge in [0.05, 0.1) is 0 Å². The van der Waals surface area contributed by atoms with Gasteiger partial charge in [0.1, 0.15) is 0 Å². The van der Waals surface area contributed by atoms with Crippen LogP contribution in [0.1, 0.15) is 23.7 Å². The third-order valence-electron chi connectivity index (χ3n) is 1.93. The second kappa shape index (κ2) is 6.13. The molecule has 15 heavy (non-hydrogen) atoms. The average molecular weight is 285 g/mol. The maximum atomic E-state index is 11.5. The minimum absolute atomic E-state index is 0.169. The zero-order chi connectivity index (χ0) is 11.3. The Morgan fingerprint density at radius 3 is 2.87 bits per heavy atom. The predicted octanol–water partition coefficient (Wildman–Crippen LogP) is 4.32. The molecule has 0 aromatic heterocycles. The fraction of sp³-hybridized carbons (Fsp3) is 0.250. The van der Waals surface area contributed by atoms with Gasteiger partial charge in [0.15, 0.2) is 5.78 Å². The summed E-state index contributed by atoms with van der Waals surface area (Å²) in [7, 11) is 0. The van der Waals surface area contributed by atoms with Crippen molar-refractivity contribution in [1.82, 2.24) is 0 Å². The molecule has 1 aromatic carbocycles. The molecule has 0 fully saturated rings. The van der Waals surface area contributed by atoms with E-state index in [0.717, 1.165) is 20.7 Å². The summed E-state index contributed by atoms with van der Waals surface area (Å²) in [5.41, 5.74) is 0.764. The zero-order valence-corrected chi connectivity index (χ0v) is 11.0. The standard InChI is InChI=1S/C12H13BrOS/c1-3-7-15-9-5-6-10(11(13)8-9)12(14)4-2/h3,5-6,8H,1,4,7H2,2H3. The van der Waals surface area contributed by atoms with E-state index in [1.54, 1.807) is 11.8 Å². The van der Waals surface area contributed by atoms with E-state index in [-0.39, 0.29) is 5.78 Å². The Morgan fingerprint density at radius 1 is 1.60 bits per heavy atom. The smallest absolute Gasteiger partial charge is 0.163 e. The van der Waals surface area contributed by atoms with Crippen molar-refractivity contribution in [3.05, 3.63) is 40.9 Å². The monoisotopic (exact) mass is 284 g/mol. The molecule has 1 aromatic rings. The lowest BCUT2D eigenvalue weighted by Gasteiger charge is -2.04. The number of thioether (sulfide) groups is 1. The lowest BCUT2D eigenvalue weighted by Crippen LogP contribution is -1.97. The van der Waals surface area contributed by atoms with Crippen LogP contribution in [0.2, 0.25) is 0 Å². The first-order valence-electron chi connectivity index (χ1n) is 4.75. The summed E-state index contributed by atoms with van der Waals surface area (Å²) in [5.74, 6) is 1.05. The topological polar surface area (TPSA) is 17.1 Å². The molecule has 0 heterocycles. The Balaban J connectivity index is 2.87. The maximum Gasteiger partial charge on any atom is 0.163 e. The van der Waals surface area contributed by atoms with Crippen LogP contribution in [0.4, 0.5) is 0 Å². The third-order valence-corrected chi connectivity index (χ3v) is 3.58. The summed E-state index contributed by atoms with van der Waals surface area (Å²) in [4.78, 5) is 12.7. The van der Waals surface area contributed by atoms with Crippen molar-refractivity contribution < 1.29 is 4.79 Å². The van der Waals surface area contributed by atoms with E-state index in [2.05, 4.69) is 22.5 Å². The largest absolute Gasteiger partial charge is 0.294 e. The van der Waals surface area contributed by atoms with Gasteiger partial charge in [0.25, 0.3) is 0 Å². The molecule has 0 amide bonds. The Bertz CT molecular complexity index is 374. The van der Waals surface area contributed by atoms with Crippen LogP contribution in [-0.2, 0) is 0 Å². The van der Waals surface area contributed by atoms with Crippen molar-refractivity contribution in [2.75, 3.05) is 5.75 Å². The van der Waals surface area contributed by atoms with Crippen LogP contribution < -0.4 is 0 Å². The zero-order valence-electron chi connectivity index (χ0n) is 8.63. The number of benzene rings is 1. The first-order valence-corrected chi connectivity index (χ1v) is 6.53. The fourth-order valence-corrected chi connectivity index (χ4v) is 2.58. The minimum Gasteiger partial charge on any atom is -0.294 e. The number of carbonyl (C=O) groups is 1. The van der Waals surface area contributed by atoms with Gasteiger partial charge in [-0.1, -0.05) is 28.9 Å². The number of rotatable bonds is 5. The van der Waals surface area contributed by atoms with Gasteiger partial charge in [0, 0.05) is 27.1 Å². The second-order valence-electron chi connectivity index (χ2n) is 3.02. The first-order chi connectivity index (χ1) is 7.19. The molecule has 0 aliphatic heterocycles.